The predicted octanol–water partition coefficient (Wildman–Crippen LogP) is 3.20. The highest BCUT2D eigenvalue weighted by Crippen LogP contribution is 2.22. The fourth-order valence-electron chi connectivity index (χ4n) is 2.66. The van der Waals surface area contributed by atoms with E-state index in [0.717, 1.165) is 29.1 Å². The molecular formula is C16H19N3OS. The maximum absolute atomic E-state index is 11.9. The first kappa shape index (κ1) is 14.2. The molecule has 0 saturated heterocycles. The summed E-state index contributed by atoms with van der Waals surface area (Å²) < 4.78 is 0. The Bertz CT molecular complexity index is 591. The van der Waals surface area contributed by atoms with Crippen LogP contribution in [-0.4, -0.2) is 21.9 Å². The first-order chi connectivity index (χ1) is 10.3. The molecule has 3 rings (SSSR count). The molecule has 2 heterocycles. The van der Waals surface area contributed by atoms with Crippen molar-refractivity contribution >= 4 is 17.2 Å². The van der Waals surface area contributed by atoms with Crippen LogP contribution in [-0.2, 0) is 11.2 Å². The summed E-state index contributed by atoms with van der Waals surface area (Å²) in [5.41, 5.74) is 1.97. The number of nitrogens with one attached hydrogen (secondary N) is 1. The largest absolute Gasteiger partial charge is 0.353 e. The number of hydrogen-bond donors (Lipinski definition) is 1. The van der Waals surface area contributed by atoms with Gasteiger partial charge in [0.1, 0.15) is 0 Å². The Balaban J connectivity index is 1.51. The second kappa shape index (κ2) is 6.80. The van der Waals surface area contributed by atoms with Gasteiger partial charge in [-0.25, -0.2) is 4.98 Å². The molecular weight excluding hydrogens is 282 g/mol. The van der Waals surface area contributed by atoms with Gasteiger partial charge in [-0.3, -0.25) is 9.78 Å². The molecule has 0 aliphatic heterocycles. The second-order valence-electron chi connectivity index (χ2n) is 5.42. The Morgan fingerprint density at radius 1 is 1.38 bits per heavy atom. The Hall–Kier alpha value is -1.75. The molecule has 0 radical (unpaired) electrons. The SMILES string of the molecule is O=C(CCc1nc(-c2cccnc2)cs1)NC1CCCC1. The minimum atomic E-state index is 0.153. The van der Waals surface area contributed by atoms with Crippen molar-refractivity contribution in [2.45, 2.75) is 44.6 Å². The summed E-state index contributed by atoms with van der Waals surface area (Å²) in [7, 11) is 0. The number of aromatic nitrogens is 2. The van der Waals surface area contributed by atoms with Gasteiger partial charge in [0.15, 0.2) is 0 Å². The summed E-state index contributed by atoms with van der Waals surface area (Å²) in [5.74, 6) is 0.153. The van der Waals surface area contributed by atoms with Crippen LogP contribution in [0, 0.1) is 0 Å². The standard InChI is InChI=1S/C16H19N3OS/c20-15(18-13-5-1-2-6-13)7-8-16-19-14(11-21-16)12-4-3-9-17-10-12/h3-4,9-11,13H,1-2,5-8H2,(H,18,20). The van der Waals surface area contributed by atoms with Crippen molar-refractivity contribution in [1.29, 1.82) is 0 Å². The van der Waals surface area contributed by atoms with Crippen molar-refractivity contribution in [2.75, 3.05) is 0 Å². The van der Waals surface area contributed by atoms with Crippen LogP contribution in [0.3, 0.4) is 0 Å². The van der Waals surface area contributed by atoms with Crippen LogP contribution in [0.1, 0.15) is 37.1 Å². The van der Waals surface area contributed by atoms with Crippen molar-refractivity contribution < 1.29 is 4.79 Å². The molecule has 5 heteroatoms. The lowest BCUT2D eigenvalue weighted by Crippen LogP contribution is -2.32. The van der Waals surface area contributed by atoms with Crippen molar-refractivity contribution in [3.05, 3.63) is 34.9 Å². The fraction of sp³-hybridized carbons (Fsp3) is 0.438. The second-order valence-corrected chi connectivity index (χ2v) is 6.36. The minimum absolute atomic E-state index is 0.153. The number of rotatable bonds is 5. The summed E-state index contributed by atoms with van der Waals surface area (Å²) in [6.45, 7) is 0. The summed E-state index contributed by atoms with van der Waals surface area (Å²) in [4.78, 5) is 20.6. The minimum Gasteiger partial charge on any atom is -0.353 e. The molecule has 110 valence electrons. The number of pyridine rings is 1. The van der Waals surface area contributed by atoms with Crippen LogP contribution >= 0.6 is 11.3 Å². The van der Waals surface area contributed by atoms with Crippen molar-refractivity contribution in [1.82, 2.24) is 15.3 Å². The third kappa shape index (κ3) is 3.88. The highest BCUT2D eigenvalue weighted by Gasteiger charge is 2.17. The van der Waals surface area contributed by atoms with E-state index in [4.69, 9.17) is 0 Å². The van der Waals surface area contributed by atoms with Gasteiger partial charge in [-0.05, 0) is 25.0 Å². The van der Waals surface area contributed by atoms with E-state index < -0.39 is 0 Å². The zero-order chi connectivity index (χ0) is 14.5. The average molecular weight is 301 g/mol. The number of carbonyl (C=O) groups excluding carboxylic acids is 1. The monoisotopic (exact) mass is 301 g/mol. The van der Waals surface area contributed by atoms with E-state index in [2.05, 4.69) is 15.3 Å². The van der Waals surface area contributed by atoms with Gasteiger partial charge in [-0.15, -0.1) is 11.3 Å². The van der Waals surface area contributed by atoms with Gasteiger partial charge in [0.25, 0.3) is 0 Å². The molecule has 2 aromatic rings. The van der Waals surface area contributed by atoms with E-state index in [1.165, 1.54) is 12.8 Å². The number of hydrogen-bond acceptors (Lipinski definition) is 4. The van der Waals surface area contributed by atoms with Crippen LogP contribution < -0.4 is 5.32 Å². The van der Waals surface area contributed by atoms with Crippen LogP contribution in [0.25, 0.3) is 11.3 Å². The molecule has 0 bridgehead atoms. The summed E-state index contributed by atoms with van der Waals surface area (Å²) in [6, 6.07) is 4.31. The first-order valence-electron chi connectivity index (χ1n) is 7.45. The van der Waals surface area contributed by atoms with Crippen LogP contribution in [0.2, 0.25) is 0 Å². The fourth-order valence-corrected chi connectivity index (χ4v) is 3.47. The lowest BCUT2D eigenvalue weighted by molar-refractivity contribution is -0.121. The normalized spacial score (nSPS) is 15.2. The van der Waals surface area contributed by atoms with Crippen molar-refractivity contribution in [3.8, 4) is 11.3 Å². The lowest BCUT2D eigenvalue weighted by atomic mass is 10.2. The first-order valence-corrected chi connectivity index (χ1v) is 8.33. The number of nitrogens with zero attached hydrogens (tertiary/aromatic N) is 2. The molecule has 2 aromatic heterocycles. The smallest absolute Gasteiger partial charge is 0.220 e. The Morgan fingerprint density at radius 2 is 2.24 bits per heavy atom. The van der Waals surface area contributed by atoms with Gasteiger partial charge < -0.3 is 5.32 Å². The maximum Gasteiger partial charge on any atom is 0.220 e. The molecule has 21 heavy (non-hydrogen) atoms. The Kier molecular flexibility index (Phi) is 4.60. The lowest BCUT2D eigenvalue weighted by Gasteiger charge is -2.10. The predicted molar refractivity (Wildman–Crippen MR) is 84.1 cm³/mol. The van der Waals surface area contributed by atoms with Gasteiger partial charge in [0.2, 0.25) is 5.91 Å². The average Bonchev–Trinajstić information content (AvgIpc) is 3.17. The molecule has 1 saturated carbocycles. The molecule has 1 aliphatic carbocycles. The van der Waals surface area contributed by atoms with Gasteiger partial charge in [-0.1, -0.05) is 12.8 Å². The molecule has 0 aromatic carbocycles. The van der Waals surface area contributed by atoms with E-state index >= 15 is 0 Å². The number of amides is 1. The molecule has 1 N–H and O–H groups in total. The summed E-state index contributed by atoms with van der Waals surface area (Å²) in [5, 5.41) is 6.15. The highest BCUT2D eigenvalue weighted by molar-refractivity contribution is 7.09. The van der Waals surface area contributed by atoms with Crippen molar-refractivity contribution in [3.63, 3.8) is 0 Å². The number of thiazole rings is 1. The van der Waals surface area contributed by atoms with Gasteiger partial charge in [0.05, 0.1) is 10.7 Å². The zero-order valence-corrected chi connectivity index (χ0v) is 12.7. The van der Waals surface area contributed by atoms with Crippen LogP contribution in [0.5, 0.6) is 0 Å². The molecule has 4 nitrogen and oxygen atoms in total. The van der Waals surface area contributed by atoms with E-state index in [9.17, 15) is 4.79 Å². The van der Waals surface area contributed by atoms with E-state index in [-0.39, 0.29) is 5.91 Å². The summed E-state index contributed by atoms with van der Waals surface area (Å²) in [6.07, 6.45) is 9.55. The molecule has 1 aliphatic rings. The van der Waals surface area contributed by atoms with E-state index in [0.29, 0.717) is 18.9 Å². The third-order valence-electron chi connectivity index (χ3n) is 3.80. The summed E-state index contributed by atoms with van der Waals surface area (Å²) >= 11 is 1.61. The molecule has 1 fully saturated rings. The van der Waals surface area contributed by atoms with Crippen LogP contribution in [0.4, 0.5) is 0 Å². The van der Waals surface area contributed by atoms with Crippen molar-refractivity contribution in [2.24, 2.45) is 0 Å². The quantitative estimate of drug-likeness (QED) is 0.922. The van der Waals surface area contributed by atoms with E-state index in [1.807, 2.05) is 23.7 Å². The maximum atomic E-state index is 11.9. The Morgan fingerprint density at radius 3 is 3.00 bits per heavy atom. The van der Waals surface area contributed by atoms with Crippen LogP contribution in [0.15, 0.2) is 29.9 Å². The number of carbonyl (C=O) groups is 1. The zero-order valence-electron chi connectivity index (χ0n) is 11.9. The third-order valence-corrected chi connectivity index (χ3v) is 4.70. The molecule has 0 atom stereocenters. The molecule has 0 spiro atoms. The molecule has 1 amide bonds. The highest BCUT2D eigenvalue weighted by atomic mass is 32.1. The van der Waals surface area contributed by atoms with Gasteiger partial charge in [-0.2, -0.15) is 0 Å². The topological polar surface area (TPSA) is 54.9 Å². The van der Waals surface area contributed by atoms with Gasteiger partial charge >= 0.3 is 0 Å². The number of aryl methyl sites for hydroxylation is 1. The molecule has 0 unspecified atom stereocenters. The van der Waals surface area contributed by atoms with Gasteiger partial charge in [0, 0.05) is 42.2 Å². The van der Waals surface area contributed by atoms with E-state index in [1.54, 1.807) is 17.5 Å². The Labute approximate surface area is 128 Å².